The van der Waals surface area contributed by atoms with E-state index in [9.17, 15) is 14.0 Å². The van der Waals surface area contributed by atoms with Gasteiger partial charge in [0.05, 0.1) is 16.6 Å². The average Bonchev–Trinajstić information content (AvgIpc) is 2.55. The number of aryl methyl sites for hydroxylation is 1. The lowest BCUT2D eigenvalue weighted by atomic mass is 10.1. The lowest BCUT2D eigenvalue weighted by Crippen LogP contribution is -2.31. The molecule has 126 valence electrons. The van der Waals surface area contributed by atoms with Crippen molar-refractivity contribution in [2.45, 2.75) is 19.9 Å². The topological polar surface area (TPSA) is 55.4 Å². The first-order valence-corrected chi connectivity index (χ1v) is 7.72. The second-order valence-corrected chi connectivity index (χ2v) is 5.81. The Labute approximate surface area is 144 Å². The summed E-state index contributed by atoms with van der Waals surface area (Å²) >= 11 is 5.61. The van der Waals surface area contributed by atoms with Crippen molar-refractivity contribution in [3.05, 3.63) is 70.0 Å². The van der Waals surface area contributed by atoms with E-state index in [-0.39, 0.29) is 16.6 Å². The number of ether oxygens (including phenoxy) is 1. The van der Waals surface area contributed by atoms with Gasteiger partial charge in [-0.15, -0.1) is 0 Å². The summed E-state index contributed by atoms with van der Waals surface area (Å²) in [6.45, 7) is 3.39. The zero-order valence-electron chi connectivity index (χ0n) is 13.3. The second kappa shape index (κ2) is 7.93. The van der Waals surface area contributed by atoms with Gasteiger partial charge in [0, 0.05) is 0 Å². The predicted molar refractivity (Wildman–Crippen MR) is 89.4 cm³/mol. The zero-order chi connectivity index (χ0) is 17.7. The van der Waals surface area contributed by atoms with Crippen molar-refractivity contribution < 1.29 is 18.7 Å². The van der Waals surface area contributed by atoms with Gasteiger partial charge < -0.3 is 10.1 Å². The van der Waals surface area contributed by atoms with E-state index in [1.165, 1.54) is 6.07 Å². The van der Waals surface area contributed by atoms with Crippen LogP contribution < -0.4 is 5.32 Å². The summed E-state index contributed by atoms with van der Waals surface area (Å²) < 4.78 is 18.0. The fourth-order valence-corrected chi connectivity index (χ4v) is 2.24. The maximum Gasteiger partial charge on any atom is 0.338 e. The third kappa shape index (κ3) is 4.80. The van der Waals surface area contributed by atoms with Crippen LogP contribution in [0.5, 0.6) is 0 Å². The molecule has 0 bridgehead atoms. The number of nitrogens with one attached hydrogen (secondary N) is 1. The van der Waals surface area contributed by atoms with Crippen LogP contribution in [-0.2, 0) is 9.53 Å². The number of rotatable bonds is 5. The molecular weight excluding hydrogens is 333 g/mol. The minimum absolute atomic E-state index is 0.0841. The van der Waals surface area contributed by atoms with E-state index >= 15 is 0 Å². The molecule has 2 rings (SSSR count). The van der Waals surface area contributed by atoms with Crippen molar-refractivity contribution in [1.82, 2.24) is 5.32 Å². The summed E-state index contributed by atoms with van der Waals surface area (Å²) in [4.78, 5) is 23.7. The Balaban J connectivity index is 1.87. The molecule has 0 aliphatic carbocycles. The Kier molecular flexibility index (Phi) is 5.93. The van der Waals surface area contributed by atoms with Gasteiger partial charge in [0.2, 0.25) is 0 Å². The largest absolute Gasteiger partial charge is 0.452 e. The molecule has 0 spiro atoms. The summed E-state index contributed by atoms with van der Waals surface area (Å²) in [5.74, 6) is -1.79. The van der Waals surface area contributed by atoms with Gasteiger partial charge in [0.1, 0.15) is 5.82 Å². The van der Waals surface area contributed by atoms with Crippen LogP contribution in [-0.4, -0.2) is 18.5 Å². The molecule has 1 atom stereocenters. The van der Waals surface area contributed by atoms with Crippen molar-refractivity contribution in [3.8, 4) is 0 Å². The molecule has 4 nitrogen and oxygen atoms in total. The molecular formula is C18H17ClFNO3. The number of benzene rings is 2. The van der Waals surface area contributed by atoms with E-state index in [1.54, 1.807) is 0 Å². The number of hydrogen-bond donors (Lipinski definition) is 1. The smallest absolute Gasteiger partial charge is 0.338 e. The molecule has 0 aliphatic rings. The van der Waals surface area contributed by atoms with Gasteiger partial charge in [0.15, 0.2) is 6.61 Å². The Morgan fingerprint density at radius 1 is 1.21 bits per heavy atom. The lowest BCUT2D eigenvalue weighted by Gasteiger charge is -2.14. The Morgan fingerprint density at radius 2 is 1.88 bits per heavy atom. The molecule has 0 saturated carbocycles. The highest BCUT2D eigenvalue weighted by atomic mass is 35.5. The van der Waals surface area contributed by atoms with E-state index in [1.807, 2.05) is 38.1 Å². The van der Waals surface area contributed by atoms with Gasteiger partial charge in [-0.25, -0.2) is 9.18 Å². The summed E-state index contributed by atoms with van der Waals surface area (Å²) in [6, 6.07) is 11.0. The lowest BCUT2D eigenvalue weighted by molar-refractivity contribution is -0.124. The summed E-state index contributed by atoms with van der Waals surface area (Å²) in [7, 11) is 0. The molecule has 6 heteroatoms. The number of halogens is 2. The van der Waals surface area contributed by atoms with Gasteiger partial charge >= 0.3 is 5.97 Å². The molecule has 0 saturated heterocycles. The van der Waals surface area contributed by atoms with Crippen LogP contribution in [0.25, 0.3) is 0 Å². The molecule has 1 unspecified atom stereocenters. The van der Waals surface area contributed by atoms with Crippen LogP contribution in [0.4, 0.5) is 4.39 Å². The number of hydrogen-bond acceptors (Lipinski definition) is 3. The molecule has 0 radical (unpaired) electrons. The van der Waals surface area contributed by atoms with Gasteiger partial charge in [-0.2, -0.15) is 0 Å². The van der Waals surface area contributed by atoms with E-state index in [4.69, 9.17) is 16.3 Å². The van der Waals surface area contributed by atoms with Crippen LogP contribution in [0.2, 0.25) is 5.02 Å². The van der Waals surface area contributed by atoms with Gasteiger partial charge in [-0.3, -0.25) is 4.79 Å². The third-order valence-corrected chi connectivity index (χ3v) is 3.73. The van der Waals surface area contributed by atoms with Crippen LogP contribution in [0, 0.1) is 12.7 Å². The summed E-state index contributed by atoms with van der Waals surface area (Å²) in [6.07, 6.45) is 0. The third-order valence-electron chi connectivity index (χ3n) is 3.44. The fourth-order valence-electron chi connectivity index (χ4n) is 2.06. The predicted octanol–water partition coefficient (Wildman–Crippen LogP) is 3.82. The minimum Gasteiger partial charge on any atom is -0.452 e. The van der Waals surface area contributed by atoms with Gasteiger partial charge in [0.25, 0.3) is 5.91 Å². The number of carbonyl (C=O) groups is 2. The van der Waals surface area contributed by atoms with E-state index in [0.717, 1.165) is 23.3 Å². The first-order chi connectivity index (χ1) is 11.4. The van der Waals surface area contributed by atoms with Crippen LogP contribution in [0.1, 0.15) is 34.5 Å². The molecule has 0 heterocycles. The van der Waals surface area contributed by atoms with Crippen molar-refractivity contribution in [2.24, 2.45) is 0 Å². The maximum atomic E-state index is 13.1. The van der Waals surface area contributed by atoms with Crippen molar-refractivity contribution in [3.63, 3.8) is 0 Å². The van der Waals surface area contributed by atoms with Crippen molar-refractivity contribution in [2.75, 3.05) is 6.61 Å². The van der Waals surface area contributed by atoms with E-state index in [2.05, 4.69) is 5.32 Å². The molecule has 1 amide bonds. The number of carbonyl (C=O) groups excluding carboxylic acids is 2. The SMILES string of the molecule is Cc1ccc(C(C)NC(=O)COC(=O)c2ccc(F)c(Cl)c2)cc1. The quantitative estimate of drug-likeness (QED) is 0.835. The Bertz CT molecular complexity index is 746. The molecule has 0 aliphatic heterocycles. The minimum atomic E-state index is -0.741. The maximum absolute atomic E-state index is 13.1. The Hall–Kier alpha value is -2.40. The highest BCUT2D eigenvalue weighted by molar-refractivity contribution is 6.31. The molecule has 24 heavy (non-hydrogen) atoms. The monoisotopic (exact) mass is 349 g/mol. The van der Waals surface area contributed by atoms with Crippen molar-refractivity contribution >= 4 is 23.5 Å². The average molecular weight is 350 g/mol. The van der Waals surface area contributed by atoms with Crippen LogP contribution in [0.3, 0.4) is 0 Å². The van der Waals surface area contributed by atoms with E-state index in [0.29, 0.717) is 0 Å². The summed E-state index contributed by atoms with van der Waals surface area (Å²) in [5, 5.41) is 2.56. The zero-order valence-corrected chi connectivity index (χ0v) is 14.1. The standard InChI is InChI=1S/C18H17ClFNO3/c1-11-3-5-13(6-4-11)12(2)21-17(22)10-24-18(23)14-7-8-16(20)15(19)9-14/h3-9,12H,10H2,1-2H3,(H,21,22). The highest BCUT2D eigenvalue weighted by Crippen LogP contribution is 2.17. The van der Waals surface area contributed by atoms with Gasteiger partial charge in [-0.1, -0.05) is 41.4 Å². The first kappa shape index (κ1) is 17.9. The fraction of sp³-hybridized carbons (Fsp3) is 0.222. The molecule has 2 aromatic carbocycles. The molecule has 0 aromatic heterocycles. The Morgan fingerprint density at radius 3 is 2.50 bits per heavy atom. The molecule has 1 N–H and O–H groups in total. The normalized spacial score (nSPS) is 11.7. The number of esters is 1. The second-order valence-electron chi connectivity index (χ2n) is 5.40. The van der Waals surface area contributed by atoms with Crippen LogP contribution in [0.15, 0.2) is 42.5 Å². The van der Waals surface area contributed by atoms with E-state index < -0.39 is 24.3 Å². The summed E-state index contributed by atoms with van der Waals surface area (Å²) in [5.41, 5.74) is 2.16. The molecule has 2 aromatic rings. The highest BCUT2D eigenvalue weighted by Gasteiger charge is 2.14. The molecule has 0 fully saturated rings. The van der Waals surface area contributed by atoms with Crippen LogP contribution >= 0.6 is 11.6 Å². The van der Waals surface area contributed by atoms with Gasteiger partial charge in [-0.05, 0) is 37.6 Å². The number of amides is 1. The first-order valence-electron chi connectivity index (χ1n) is 7.35. The van der Waals surface area contributed by atoms with Crippen molar-refractivity contribution in [1.29, 1.82) is 0 Å².